The monoisotopic (exact) mass is 585 g/mol. The van der Waals surface area contributed by atoms with Gasteiger partial charge in [0.1, 0.15) is 11.2 Å². The number of hydrogen-bond donors (Lipinski definition) is 0. The van der Waals surface area contributed by atoms with E-state index in [1.54, 1.807) is 0 Å². The SMILES string of the molecule is c1ccc(-c2cc(-c3ccccc3)cc(-n3c4cccc5ccc6cc(-c7ccc8oc9ccccc9c8c7)cc3c6c54)c2)cc1. The minimum atomic E-state index is 0.914. The molecule has 10 rings (SSSR count). The van der Waals surface area contributed by atoms with Gasteiger partial charge in [0.2, 0.25) is 0 Å². The second kappa shape index (κ2) is 9.69. The molecule has 0 unspecified atom stereocenters. The van der Waals surface area contributed by atoms with Crippen LogP contribution in [-0.2, 0) is 0 Å². The van der Waals surface area contributed by atoms with E-state index in [-0.39, 0.29) is 0 Å². The maximum absolute atomic E-state index is 6.16. The normalized spacial score (nSPS) is 11.9. The van der Waals surface area contributed by atoms with Crippen molar-refractivity contribution < 1.29 is 4.42 Å². The molecule has 46 heavy (non-hydrogen) atoms. The van der Waals surface area contributed by atoms with Crippen LogP contribution in [0.25, 0.3) is 93.6 Å². The number of para-hydroxylation sites is 1. The molecule has 2 heteroatoms. The molecule has 0 spiro atoms. The zero-order valence-corrected chi connectivity index (χ0v) is 24.9. The first-order valence-corrected chi connectivity index (χ1v) is 15.8. The van der Waals surface area contributed by atoms with Crippen LogP contribution >= 0.6 is 0 Å². The molecule has 0 aliphatic carbocycles. The lowest BCUT2D eigenvalue weighted by Gasteiger charge is -2.14. The molecule has 0 bridgehead atoms. The van der Waals surface area contributed by atoms with Crippen molar-refractivity contribution in [2.24, 2.45) is 0 Å². The summed E-state index contributed by atoms with van der Waals surface area (Å²) in [5.74, 6) is 0. The molecule has 0 aliphatic heterocycles. The van der Waals surface area contributed by atoms with Crippen molar-refractivity contribution in [3.8, 4) is 39.1 Å². The number of benzene rings is 8. The van der Waals surface area contributed by atoms with E-state index in [4.69, 9.17) is 4.42 Å². The lowest BCUT2D eigenvalue weighted by atomic mass is 9.96. The first-order chi connectivity index (χ1) is 22.8. The summed E-state index contributed by atoms with van der Waals surface area (Å²) in [6, 6.07) is 59.2. The molecule has 214 valence electrons. The Balaban J connectivity index is 1.28. The van der Waals surface area contributed by atoms with Crippen molar-refractivity contribution in [2.45, 2.75) is 0 Å². The van der Waals surface area contributed by atoms with Crippen molar-refractivity contribution in [1.29, 1.82) is 0 Å². The highest BCUT2D eigenvalue weighted by atomic mass is 16.3. The Kier molecular flexibility index (Phi) is 5.31. The molecule has 10 aromatic rings. The largest absolute Gasteiger partial charge is 0.456 e. The highest BCUT2D eigenvalue weighted by Crippen LogP contribution is 2.43. The van der Waals surface area contributed by atoms with Gasteiger partial charge < -0.3 is 8.98 Å². The first-order valence-electron chi connectivity index (χ1n) is 15.8. The molecular weight excluding hydrogens is 558 g/mol. The fourth-order valence-electron chi connectivity index (χ4n) is 7.38. The number of hydrogen-bond acceptors (Lipinski definition) is 1. The van der Waals surface area contributed by atoms with Crippen LogP contribution in [0.3, 0.4) is 0 Å². The van der Waals surface area contributed by atoms with E-state index in [1.807, 2.05) is 12.1 Å². The molecule has 0 N–H and O–H groups in total. The molecule has 0 radical (unpaired) electrons. The Labute approximate surface area is 265 Å². The smallest absolute Gasteiger partial charge is 0.135 e. The van der Waals surface area contributed by atoms with Gasteiger partial charge in [-0.15, -0.1) is 0 Å². The van der Waals surface area contributed by atoms with E-state index in [0.29, 0.717) is 0 Å². The predicted octanol–water partition coefficient (Wildman–Crippen LogP) is 12.3. The standard InChI is InChI=1S/C44H27NO/c1-3-10-28(11-4-1)33-23-34(29-12-5-2-6-13-29)25-36(24-33)45-39-16-9-14-30-18-19-32-22-35(27-40(45)44(32)43(30)39)31-20-21-42-38(26-31)37-15-7-8-17-41(37)46-42/h1-27H. The van der Waals surface area contributed by atoms with Crippen molar-refractivity contribution in [2.75, 3.05) is 0 Å². The van der Waals surface area contributed by atoms with Crippen molar-refractivity contribution in [3.05, 3.63) is 164 Å². The third kappa shape index (κ3) is 3.77. The Bertz CT molecular complexity index is 2670. The third-order valence-electron chi connectivity index (χ3n) is 9.50. The summed E-state index contributed by atoms with van der Waals surface area (Å²) in [5.41, 5.74) is 12.6. The summed E-state index contributed by atoms with van der Waals surface area (Å²) >= 11 is 0. The van der Waals surface area contributed by atoms with Crippen LogP contribution in [0.1, 0.15) is 0 Å². The van der Waals surface area contributed by atoms with Gasteiger partial charge in [-0.1, -0.05) is 109 Å². The fraction of sp³-hybridized carbons (Fsp3) is 0. The van der Waals surface area contributed by atoms with Gasteiger partial charge in [0.05, 0.1) is 11.0 Å². The van der Waals surface area contributed by atoms with Gasteiger partial charge >= 0.3 is 0 Å². The molecule has 0 fully saturated rings. The average Bonchev–Trinajstić information content (AvgIpc) is 3.67. The van der Waals surface area contributed by atoms with Gasteiger partial charge in [-0.3, -0.25) is 0 Å². The van der Waals surface area contributed by atoms with Crippen LogP contribution in [0, 0.1) is 0 Å². The van der Waals surface area contributed by atoms with E-state index in [0.717, 1.165) is 27.6 Å². The van der Waals surface area contributed by atoms with Crippen LogP contribution in [0.15, 0.2) is 168 Å². The Morgan fingerprint density at radius 2 is 1.00 bits per heavy atom. The average molecular weight is 586 g/mol. The van der Waals surface area contributed by atoms with E-state index >= 15 is 0 Å². The number of fused-ring (bicyclic) bond motifs is 3. The first kappa shape index (κ1) is 25.2. The van der Waals surface area contributed by atoms with Gasteiger partial charge in [0.15, 0.2) is 0 Å². The van der Waals surface area contributed by atoms with Crippen molar-refractivity contribution in [1.82, 2.24) is 4.57 Å². The minimum Gasteiger partial charge on any atom is -0.456 e. The second-order valence-corrected chi connectivity index (χ2v) is 12.2. The molecule has 8 aromatic carbocycles. The Morgan fingerprint density at radius 3 is 1.78 bits per heavy atom. The molecule has 2 nitrogen and oxygen atoms in total. The number of rotatable bonds is 4. The summed E-state index contributed by atoms with van der Waals surface area (Å²) in [6.45, 7) is 0. The van der Waals surface area contributed by atoms with Gasteiger partial charge in [0, 0.05) is 27.2 Å². The van der Waals surface area contributed by atoms with Crippen LogP contribution in [0.4, 0.5) is 0 Å². The molecule has 0 atom stereocenters. The number of aromatic nitrogens is 1. The highest BCUT2D eigenvalue weighted by molar-refractivity contribution is 6.25. The minimum absolute atomic E-state index is 0.914. The summed E-state index contributed by atoms with van der Waals surface area (Å²) < 4.78 is 8.63. The van der Waals surface area contributed by atoms with Gasteiger partial charge in [0.25, 0.3) is 0 Å². The summed E-state index contributed by atoms with van der Waals surface area (Å²) in [6.07, 6.45) is 0. The Hall–Kier alpha value is -6.12. The van der Waals surface area contributed by atoms with Crippen LogP contribution < -0.4 is 0 Å². The molecule has 0 saturated carbocycles. The van der Waals surface area contributed by atoms with Crippen LogP contribution in [0.2, 0.25) is 0 Å². The van der Waals surface area contributed by atoms with Crippen molar-refractivity contribution in [3.63, 3.8) is 0 Å². The molecule has 2 aromatic heterocycles. The molecule has 0 aliphatic rings. The zero-order chi connectivity index (χ0) is 30.2. The van der Waals surface area contributed by atoms with Crippen molar-refractivity contribution >= 4 is 54.5 Å². The molecule has 0 amide bonds. The maximum atomic E-state index is 6.16. The van der Waals surface area contributed by atoms with E-state index < -0.39 is 0 Å². The van der Waals surface area contributed by atoms with Gasteiger partial charge in [-0.05, 0) is 98.8 Å². The molecule has 2 heterocycles. The maximum Gasteiger partial charge on any atom is 0.135 e. The molecular formula is C44H27NO. The third-order valence-corrected chi connectivity index (χ3v) is 9.50. The highest BCUT2D eigenvalue weighted by Gasteiger charge is 2.19. The summed E-state index contributed by atoms with van der Waals surface area (Å²) in [5, 5.41) is 7.40. The lowest BCUT2D eigenvalue weighted by molar-refractivity contribution is 0.669. The molecule has 0 saturated heterocycles. The fourth-order valence-corrected chi connectivity index (χ4v) is 7.38. The van der Waals surface area contributed by atoms with E-state index in [1.165, 1.54) is 66.0 Å². The topological polar surface area (TPSA) is 18.1 Å². The van der Waals surface area contributed by atoms with Crippen LogP contribution in [-0.4, -0.2) is 4.57 Å². The van der Waals surface area contributed by atoms with Crippen LogP contribution in [0.5, 0.6) is 0 Å². The van der Waals surface area contributed by atoms with E-state index in [9.17, 15) is 0 Å². The van der Waals surface area contributed by atoms with Gasteiger partial charge in [-0.25, -0.2) is 0 Å². The summed E-state index contributed by atoms with van der Waals surface area (Å²) in [7, 11) is 0. The number of furan rings is 1. The second-order valence-electron chi connectivity index (χ2n) is 12.2. The van der Waals surface area contributed by atoms with E-state index in [2.05, 4.69) is 156 Å². The quantitative estimate of drug-likeness (QED) is 0.188. The lowest BCUT2D eigenvalue weighted by Crippen LogP contribution is -1.96. The predicted molar refractivity (Wildman–Crippen MR) is 193 cm³/mol. The summed E-state index contributed by atoms with van der Waals surface area (Å²) in [4.78, 5) is 0. The Morgan fingerprint density at radius 1 is 0.348 bits per heavy atom. The number of nitrogens with zero attached hydrogens (tertiary/aromatic N) is 1. The zero-order valence-electron chi connectivity index (χ0n) is 24.9. The van der Waals surface area contributed by atoms with Gasteiger partial charge in [-0.2, -0.15) is 0 Å².